The van der Waals surface area contributed by atoms with Gasteiger partial charge in [0.15, 0.2) is 6.61 Å². The van der Waals surface area contributed by atoms with E-state index in [-0.39, 0.29) is 18.4 Å². The Morgan fingerprint density at radius 3 is 2.54 bits per heavy atom. The van der Waals surface area contributed by atoms with Crippen LogP contribution in [0.5, 0.6) is 5.75 Å². The van der Waals surface area contributed by atoms with Crippen LogP contribution in [-0.4, -0.2) is 25.0 Å². The zero-order valence-electron chi connectivity index (χ0n) is 16.5. The lowest BCUT2D eigenvalue weighted by molar-refractivity contribution is -0.119. The molecule has 2 aliphatic rings. The summed E-state index contributed by atoms with van der Waals surface area (Å²) >= 11 is 0. The van der Waals surface area contributed by atoms with Crippen LogP contribution in [0, 0.1) is 0 Å². The second-order valence-electron chi connectivity index (χ2n) is 7.85. The van der Waals surface area contributed by atoms with E-state index in [4.69, 9.17) is 4.74 Å². The zero-order chi connectivity index (χ0) is 19.7. The van der Waals surface area contributed by atoms with Crippen LogP contribution in [0.2, 0.25) is 0 Å². The van der Waals surface area contributed by atoms with E-state index in [1.54, 1.807) is 0 Å². The number of rotatable bonds is 5. The lowest BCUT2D eigenvalue weighted by Crippen LogP contribution is -2.39. The standard InChI is InChI=1S/C23H26N2O3/c1-15(2)16-5-8-20(9-6-16)28-14-21(26)24-19-12-17-4-3-11-25-22(27)10-7-18(13-19)23(17)25/h5-6,8-9,12-13,15H,3-4,7,10-11,14H2,1-2H3,(H,24,26). The maximum Gasteiger partial charge on any atom is 0.262 e. The number of nitrogens with zero attached hydrogens (tertiary/aromatic N) is 1. The molecule has 1 N–H and O–H groups in total. The Morgan fingerprint density at radius 2 is 1.82 bits per heavy atom. The van der Waals surface area contributed by atoms with Crippen molar-refractivity contribution in [1.82, 2.24) is 0 Å². The van der Waals surface area contributed by atoms with Gasteiger partial charge in [0.05, 0.1) is 5.69 Å². The summed E-state index contributed by atoms with van der Waals surface area (Å²) in [6, 6.07) is 11.9. The molecule has 146 valence electrons. The number of nitrogens with one attached hydrogen (secondary N) is 1. The van der Waals surface area contributed by atoms with E-state index in [0.717, 1.165) is 48.3 Å². The number of benzene rings is 2. The van der Waals surface area contributed by atoms with Gasteiger partial charge < -0.3 is 15.0 Å². The molecule has 4 rings (SSSR count). The van der Waals surface area contributed by atoms with Crippen LogP contribution in [0.3, 0.4) is 0 Å². The number of ether oxygens (including phenoxy) is 1. The molecule has 2 amide bonds. The number of anilines is 2. The Kier molecular flexibility index (Phi) is 5.07. The zero-order valence-corrected chi connectivity index (χ0v) is 16.5. The molecule has 5 heteroatoms. The average molecular weight is 378 g/mol. The molecule has 0 aliphatic carbocycles. The second kappa shape index (κ2) is 7.66. The van der Waals surface area contributed by atoms with Gasteiger partial charge in [-0.25, -0.2) is 0 Å². The molecule has 0 unspecified atom stereocenters. The summed E-state index contributed by atoms with van der Waals surface area (Å²) in [6.45, 7) is 5.06. The number of aryl methyl sites for hydroxylation is 2. The molecule has 2 aromatic rings. The molecular formula is C23H26N2O3. The number of carbonyl (C=O) groups excluding carboxylic acids is 2. The largest absolute Gasteiger partial charge is 0.484 e. The third kappa shape index (κ3) is 3.75. The highest BCUT2D eigenvalue weighted by atomic mass is 16.5. The van der Waals surface area contributed by atoms with Gasteiger partial charge in [0, 0.05) is 18.7 Å². The van der Waals surface area contributed by atoms with Gasteiger partial charge in [-0.2, -0.15) is 0 Å². The number of hydrogen-bond acceptors (Lipinski definition) is 3. The SMILES string of the molecule is CC(C)c1ccc(OCC(=O)Nc2cc3c4c(c2)CCC(=O)N4CCC3)cc1. The fourth-order valence-electron chi connectivity index (χ4n) is 4.02. The first kappa shape index (κ1) is 18.5. The lowest BCUT2D eigenvalue weighted by atomic mass is 9.91. The topological polar surface area (TPSA) is 58.6 Å². The van der Waals surface area contributed by atoms with Crippen LogP contribution >= 0.6 is 0 Å². The summed E-state index contributed by atoms with van der Waals surface area (Å²) in [6.07, 6.45) is 3.18. The van der Waals surface area contributed by atoms with E-state index in [9.17, 15) is 9.59 Å². The van der Waals surface area contributed by atoms with Gasteiger partial charge in [0.1, 0.15) is 5.75 Å². The van der Waals surface area contributed by atoms with Gasteiger partial charge in [-0.05, 0) is 66.1 Å². The molecule has 2 aromatic carbocycles. The normalized spacial score (nSPS) is 15.4. The summed E-state index contributed by atoms with van der Waals surface area (Å²) in [4.78, 5) is 26.4. The summed E-state index contributed by atoms with van der Waals surface area (Å²) in [5, 5.41) is 2.95. The summed E-state index contributed by atoms with van der Waals surface area (Å²) < 4.78 is 5.62. The molecular weight excluding hydrogens is 352 g/mol. The van der Waals surface area contributed by atoms with E-state index >= 15 is 0 Å². The predicted octanol–water partition coefficient (Wildman–Crippen LogP) is 4.05. The smallest absolute Gasteiger partial charge is 0.262 e. The molecule has 0 saturated heterocycles. The van der Waals surface area contributed by atoms with E-state index in [1.807, 2.05) is 41.3 Å². The van der Waals surface area contributed by atoms with E-state index in [0.29, 0.717) is 18.1 Å². The van der Waals surface area contributed by atoms with Crippen molar-refractivity contribution in [2.45, 2.75) is 45.4 Å². The fraction of sp³-hybridized carbons (Fsp3) is 0.391. The maximum absolute atomic E-state index is 12.4. The lowest BCUT2D eigenvalue weighted by Gasteiger charge is -2.35. The third-order valence-corrected chi connectivity index (χ3v) is 5.48. The first-order chi connectivity index (χ1) is 13.5. The highest BCUT2D eigenvalue weighted by molar-refractivity contribution is 5.99. The first-order valence-electron chi connectivity index (χ1n) is 10.00. The van der Waals surface area contributed by atoms with Crippen LogP contribution in [0.1, 0.15) is 49.3 Å². The Hall–Kier alpha value is -2.82. The maximum atomic E-state index is 12.4. The van der Waals surface area contributed by atoms with Crippen molar-refractivity contribution in [2.75, 3.05) is 23.4 Å². The molecule has 2 aliphatic heterocycles. The van der Waals surface area contributed by atoms with Gasteiger partial charge in [-0.1, -0.05) is 26.0 Å². The molecule has 0 atom stereocenters. The molecule has 0 radical (unpaired) electrons. The Labute approximate surface area is 165 Å². The van der Waals surface area contributed by atoms with Crippen LogP contribution < -0.4 is 15.0 Å². The fourth-order valence-corrected chi connectivity index (χ4v) is 4.02. The van der Waals surface area contributed by atoms with Crippen molar-refractivity contribution in [3.8, 4) is 5.75 Å². The van der Waals surface area contributed by atoms with Crippen molar-refractivity contribution < 1.29 is 14.3 Å². The monoisotopic (exact) mass is 378 g/mol. The van der Waals surface area contributed by atoms with Gasteiger partial charge in [-0.3, -0.25) is 9.59 Å². The van der Waals surface area contributed by atoms with Crippen molar-refractivity contribution in [1.29, 1.82) is 0 Å². The van der Waals surface area contributed by atoms with Gasteiger partial charge >= 0.3 is 0 Å². The Morgan fingerprint density at radius 1 is 1.11 bits per heavy atom. The molecule has 0 fully saturated rings. The Balaban J connectivity index is 1.42. The molecule has 5 nitrogen and oxygen atoms in total. The third-order valence-electron chi connectivity index (χ3n) is 5.48. The van der Waals surface area contributed by atoms with Crippen LogP contribution in [-0.2, 0) is 22.4 Å². The highest BCUT2D eigenvalue weighted by Crippen LogP contribution is 2.37. The minimum Gasteiger partial charge on any atom is -0.484 e. The van der Waals surface area contributed by atoms with Crippen LogP contribution in [0.15, 0.2) is 36.4 Å². The highest BCUT2D eigenvalue weighted by Gasteiger charge is 2.29. The summed E-state index contributed by atoms with van der Waals surface area (Å²) in [7, 11) is 0. The second-order valence-corrected chi connectivity index (χ2v) is 7.85. The molecule has 0 bridgehead atoms. The van der Waals surface area contributed by atoms with Crippen molar-refractivity contribution in [2.24, 2.45) is 0 Å². The number of carbonyl (C=O) groups is 2. The molecule has 2 heterocycles. The quantitative estimate of drug-likeness (QED) is 0.854. The van der Waals surface area contributed by atoms with Gasteiger partial charge in [0.2, 0.25) is 5.91 Å². The van der Waals surface area contributed by atoms with Gasteiger partial charge in [0.25, 0.3) is 5.91 Å². The molecule has 0 spiro atoms. The molecule has 0 saturated carbocycles. The minimum atomic E-state index is -0.181. The van der Waals surface area contributed by atoms with Crippen LogP contribution in [0.25, 0.3) is 0 Å². The number of hydrogen-bond donors (Lipinski definition) is 1. The van der Waals surface area contributed by atoms with Crippen molar-refractivity contribution >= 4 is 23.2 Å². The predicted molar refractivity (Wildman–Crippen MR) is 110 cm³/mol. The molecule has 0 aromatic heterocycles. The average Bonchev–Trinajstić information content (AvgIpc) is 2.69. The summed E-state index contributed by atoms with van der Waals surface area (Å²) in [5.74, 6) is 1.18. The first-order valence-corrected chi connectivity index (χ1v) is 10.00. The minimum absolute atomic E-state index is 0.0297. The Bertz CT molecular complexity index is 886. The number of amides is 2. The summed E-state index contributed by atoms with van der Waals surface area (Å²) in [5.41, 5.74) is 5.40. The van der Waals surface area contributed by atoms with E-state index < -0.39 is 0 Å². The van der Waals surface area contributed by atoms with E-state index in [2.05, 4.69) is 19.2 Å². The van der Waals surface area contributed by atoms with Crippen molar-refractivity contribution in [3.63, 3.8) is 0 Å². The molecule has 28 heavy (non-hydrogen) atoms. The van der Waals surface area contributed by atoms with Gasteiger partial charge in [-0.15, -0.1) is 0 Å². The van der Waals surface area contributed by atoms with Crippen LogP contribution in [0.4, 0.5) is 11.4 Å². The van der Waals surface area contributed by atoms with Crippen molar-refractivity contribution in [3.05, 3.63) is 53.1 Å². The van der Waals surface area contributed by atoms with E-state index in [1.165, 1.54) is 5.56 Å².